The molecule has 0 aliphatic carbocycles. The molecule has 0 amide bonds. The lowest BCUT2D eigenvalue weighted by Crippen LogP contribution is -2.16. The maximum atomic E-state index is 11.3. The number of methoxy groups -OCH3 is 1. The molecule has 20 heavy (non-hydrogen) atoms. The summed E-state index contributed by atoms with van der Waals surface area (Å²) in [7, 11) is 1.36. The van der Waals surface area contributed by atoms with Gasteiger partial charge >= 0.3 is 5.97 Å². The molecule has 2 rings (SSSR count). The fourth-order valence-corrected chi connectivity index (χ4v) is 2.07. The van der Waals surface area contributed by atoms with Gasteiger partial charge in [0.25, 0.3) is 0 Å². The van der Waals surface area contributed by atoms with Gasteiger partial charge in [-0.2, -0.15) is 0 Å². The Balaban J connectivity index is 2.29. The molecule has 4 heteroatoms. The van der Waals surface area contributed by atoms with Gasteiger partial charge in [-0.3, -0.25) is 9.78 Å². The van der Waals surface area contributed by atoms with Crippen LogP contribution in [0.5, 0.6) is 0 Å². The molecule has 0 aliphatic heterocycles. The van der Waals surface area contributed by atoms with Crippen LogP contribution in [0.25, 0.3) is 11.3 Å². The lowest BCUT2D eigenvalue weighted by Gasteiger charge is -2.12. The highest BCUT2D eigenvalue weighted by Gasteiger charge is 2.13. The average Bonchev–Trinajstić information content (AvgIpc) is 2.47. The number of ether oxygens (including phenoxy) is 1. The smallest absolute Gasteiger partial charge is 0.307 e. The number of benzene rings is 1. The van der Waals surface area contributed by atoms with Gasteiger partial charge in [0.05, 0.1) is 19.2 Å². The highest BCUT2D eigenvalue weighted by Crippen LogP contribution is 2.24. The Kier molecular flexibility index (Phi) is 4.48. The Labute approximate surface area is 118 Å². The molecular weight excluding hydrogens is 252 g/mol. The predicted octanol–water partition coefficient (Wildman–Crippen LogP) is 2.62. The van der Waals surface area contributed by atoms with Gasteiger partial charge in [-0.1, -0.05) is 24.3 Å². The first-order chi connectivity index (χ1) is 9.61. The first-order valence-corrected chi connectivity index (χ1v) is 6.46. The van der Waals surface area contributed by atoms with Crippen molar-refractivity contribution in [2.24, 2.45) is 5.73 Å². The predicted molar refractivity (Wildman–Crippen MR) is 78.0 cm³/mol. The molecule has 1 heterocycles. The number of nitrogens with zero attached hydrogens (tertiary/aromatic N) is 1. The van der Waals surface area contributed by atoms with Crippen LogP contribution in [0.15, 0.2) is 42.6 Å². The van der Waals surface area contributed by atoms with E-state index in [9.17, 15) is 4.79 Å². The number of esters is 1. The summed E-state index contributed by atoms with van der Waals surface area (Å²) in [6.07, 6.45) is 1.88. The van der Waals surface area contributed by atoms with Gasteiger partial charge in [0.1, 0.15) is 0 Å². The van der Waals surface area contributed by atoms with Crippen molar-refractivity contribution < 1.29 is 9.53 Å². The molecule has 0 radical (unpaired) electrons. The number of aromatic nitrogens is 1. The molecule has 1 atom stereocenters. The van der Waals surface area contributed by atoms with E-state index in [0.717, 1.165) is 22.4 Å². The molecule has 0 fully saturated rings. The molecule has 4 nitrogen and oxygen atoms in total. The molecule has 0 bridgehead atoms. The molecule has 1 aromatic carbocycles. The van der Waals surface area contributed by atoms with Gasteiger partial charge in [-0.15, -0.1) is 0 Å². The highest BCUT2D eigenvalue weighted by atomic mass is 16.5. The number of aryl methyl sites for hydroxylation is 1. The maximum absolute atomic E-state index is 11.3. The van der Waals surface area contributed by atoms with E-state index in [2.05, 4.69) is 9.72 Å². The minimum atomic E-state index is -0.381. The van der Waals surface area contributed by atoms with E-state index in [-0.39, 0.29) is 18.4 Å². The molecule has 0 saturated heterocycles. The summed E-state index contributed by atoms with van der Waals surface area (Å²) in [5.74, 6) is -0.313. The third-order valence-electron chi connectivity index (χ3n) is 3.25. The number of carbonyl (C=O) groups is 1. The molecule has 1 aromatic heterocycles. The highest BCUT2D eigenvalue weighted by molar-refractivity contribution is 5.70. The number of carbonyl (C=O) groups excluding carboxylic acids is 1. The lowest BCUT2D eigenvalue weighted by atomic mass is 10.0. The van der Waals surface area contributed by atoms with E-state index in [1.807, 2.05) is 43.3 Å². The van der Waals surface area contributed by atoms with E-state index in [1.54, 1.807) is 6.20 Å². The van der Waals surface area contributed by atoms with Crippen LogP contribution in [0.4, 0.5) is 0 Å². The van der Waals surface area contributed by atoms with Crippen LogP contribution in [0.2, 0.25) is 0 Å². The molecule has 104 valence electrons. The Morgan fingerprint density at radius 2 is 2.10 bits per heavy atom. The van der Waals surface area contributed by atoms with Crippen LogP contribution in [0, 0.1) is 6.92 Å². The van der Waals surface area contributed by atoms with Crippen LogP contribution < -0.4 is 5.73 Å². The largest absolute Gasteiger partial charge is 0.469 e. The van der Waals surface area contributed by atoms with E-state index in [0.29, 0.717) is 0 Å². The molecule has 1 unspecified atom stereocenters. The first-order valence-electron chi connectivity index (χ1n) is 6.46. The number of hydrogen-bond donors (Lipinski definition) is 1. The quantitative estimate of drug-likeness (QED) is 0.867. The van der Waals surface area contributed by atoms with Crippen molar-refractivity contribution in [2.75, 3.05) is 7.11 Å². The number of rotatable bonds is 4. The first kappa shape index (κ1) is 14.2. The zero-order chi connectivity index (χ0) is 14.5. The van der Waals surface area contributed by atoms with Crippen LogP contribution in [0.1, 0.15) is 23.6 Å². The topological polar surface area (TPSA) is 65.2 Å². The Bertz CT molecular complexity index is 611. The van der Waals surface area contributed by atoms with E-state index < -0.39 is 0 Å². The fourth-order valence-electron chi connectivity index (χ4n) is 2.07. The molecule has 0 aliphatic rings. The summed E-state index contributed by atoms with van der Waals surface area (Å²) in [5.41, 5.74) is 9.99. The SMILES string of the molecule is COC(=O)CC(N)c1ccnc(-c2ccccc2C)c1. The standard InChI is InChI=1S/C16H18N2O2/c1-11-5-3-4-6-13(11)15-9-12(7-8-18-15)14(17)10-16(19)20-2/h3-9,14H,10,17H2,1-2H3. The van der Waals surface area contributed by atoms with Crippen molar-refractivity contribution in [1.29, 1.82) is 0 Å². The summed E-state index contributed by atoms with van der Waals surface area (Å²) in [6, 6.07) is 11.4. The number of nitrogens with two attached hydrogens (primary N) is 1. The lowest BCUT2D eigenvalue weighted by molar-refractivity contribution is -0.141. The third kappa shape index (κ3) is 3.22. The Morgan fingerprint density at radius 1 is 1.35 bits per heavy atom. The van der Waals surface area contributed by atoms with Crippen LogP contribution in [-0.2, 0) is 9.53 Å². The zero-order valence-electron chi connectivity index (χ0n) is 11.7. The van der Waals surface area contributed by atoms with Crippen LogP contribution in [0.3, 0.4) is 0 Å². The Hall–Kier alpha value is -2.20. The minimum absolute atomic E-state index is 0.160. The van der Waals surface area contributed by atoms with Crippen molar-refractivity contribution in [3.8, 4) is 11.3 Å². The van der Waals surface area contributed by atoms with E-state index in [4.69, 9.17) is 5.73 Å². The molecule has 2 aromatic rings. The molecule has 0 saturated carbocycles. The van der Waals surface area contributed by atoms with Gasteiger partial charge in [0.15, 0.2) is 0 Å². The van der Waals surface area contributed by atoms with Gasteiger partial charge in [-0.25, -0.2) is 0 Å². The average molecular weight is 270 g/mol. The summed E-state index contributed by atoms with van der Waals surface area (Å²) < 4.78 is 4.64. The Morgan fingerprint density at radius 3 is 2.80 bits per heavy atom. The van der Waals surface area contributed by atoms with Crippen LogP contribution >= 0.6 is 0 Å². The van der Waals surface area contributed by atoms with Gasteiger partial charge in [0, 0.05) is 17.8 Å². The summed E-state index contributed by atoms with van der Waals surface area (Å²) >= 11 is 0. The van der Waals surface area contributed by atoms with Gasteiger partial charge in [-0.05, 0) is 30.2 Å². The summed E-state index contributed by atoms with van der Waals surface area (Å²) in [5, 5.41) is 0. The van der Waals surface area contributed by atoms with E-state index in [1.165, 1.54) is 7.11 Å². The maximum Gasteiger partial charge on any atom is 0.307 e. The van der Waals surface area contributed by atoms with E-state index >= 15 is 0 Å². The number of hydrogen-bond acceptors (Lipinski definition) is 4. The monoisotopic (exact) mass is 270 g/mol. The second-order valence-electron chi connectivity index (χ2n) is 4.68. The molecule has 0 spiro atoms. The molecular formula is C16H18N2O2. The van der Waals surface area contributed by atoms with Crippen LogP contribution in [-0.4, -0.2) is 18.1 Å². The van der Waals surface area contributed by atoms with Crippen molar-refractivity contribution in [1.82, 2.24) is 4.98 Å². The zero-order valence-corrected chi connectivity index (χ0v) is 11.7. The van der Waals surface area contributed by atoms with Gasteiger partial charge in [0.2, 0.25) is 0 Å². The summed E-state index contributed by atoms with van der Waals surface area (Å²) in [4.78, 5) is 15.7. The van der Waals surface area contributed by atoms with Crippen molar-refractivity contribution in [3.05, 3.63) is 53.7 Å². The van der Waals surface area contributed by atoms with Crippen molar-refractivity contribution >= 4 is 5.97 Å². The second-order valence-corrected chi connectivity index (χ2v) is 4.68. The third-order valence-corrected chi connectivity index (χ3v) is 3.25. The number of pyridine rings is 1. The normalized spacial score (nSPS) is 11.9. The minimum Gasteiger partial charge on any atom is -0.469 e. The van der Waals surface area contributed by atoms with Crippen molar-refractivity contribution in [3.63, 3.8) is 0 Å². The summed E-state index contributed by atoms with van der Waals surface area (Å²) in [6.45, 7) is 2.04. The molecule has 2 N–H and O–H groups in total. The van der Waals surface area contributed by atoms with Gasteiger partial charge < -0.3 is 10.5 Å². The fraction of sp³-hybridized carbons (Fsp3) is 0.250. The van der Waals surface area contributed by atoms with Crippen molar-refractivity contribution in [2.45, 2.75) is 19.4 Å². The second kappa shape index (κ2) is 6.30.